The number of hydrogen-bond acceptors (Lipinski definition) is 4. The molecule has 2 fully saturated rings. The molecule has 4 aromatic rings. The van der Waals surface area contributed by atoms with Crippen LogP contribution in [-0.4, -0.2) is 29.5 Å². The van der Waals surface area contributed by atoms with Gasteiger partial charge < -0.3 is 4.57 Å². The monoisotopic (exact) mass is 402 g/mol. The van der Waals surface area contributed by atoms with E-state index in [4.69, 9.17) is 0 Å². The van der Waals surface area contributed by atoms with Gasteiger partial charge in [-0.15, -0.1) is 10.2 Å². The largest absolute Gasteiger partial charge is 0.320 e. The van der Waals surface area contributed by atoms with Gasteiger partial charge in [0.2, 0.25) is 0 Å². The summed E-state index contributed by atoms with van der Waals surface area (Å²) in [5.74, 6) is 3.30. The van der Waals surface area contributed by atoms with E-state index in [0.717, 1.165) is 22.8 Å². The molecule has 0 bridgehead atoms. The number of para-hydroxylation sites is 1. The third-order valence-corrected chi connectivity index (χ3v) is 6.19. The second-order valence-electron chi connectivity index (χ2n) is 8.60. The fourth-order valence-corrected chi connectivity index (χ4v) is 4.33. The molecule has 0 saturated heterocycles. The zero-order valence-corrected chi connectivity index (χ0v) is 17.3. The molecule has 3 aromatic heterocycles. The van der Waals surface area contributed by atoms with E-state index in [9.17, 15) is 4.79 Å². The van der Waals surface area contributed by atoms with Gasteiger partial charge in [-0.05, 0) is 55.2 Å². The molecule has 154 valence electrons. The van der Waals surface area contributed by atoms with Crippen LogP contribution in [0.4, 0.5) is 0 Å². The molecule has 0 aliphatic heterocycles. The lowest BCUT2D eigenvalue weighted by Crippen LogP contribution is -2.21. The van der Waals surface area contributed by atoms with Gasteiger partial charge in [0.15, 0.2) is 0 Å². The Morgan fingerprint density at radius 3 is 2.50 bits per heavy atom. The number of fused-ring (bicyclic) bond motifs is 1. The van der Waals surface area contributed by atoms with E-state index in [-0.39, 0.29) is 5.56 Å². The zero-order chi connectivity index (χ0) is 20.7. The Hall–Kier alpha value is -3.22. The van der Waals surface area contributed by atoms with Crippen LogP contribution in [0.3, 0.4) is 0 Å². The van der Waals surface area contributed by atoms with Crippen LogP contribution < -0.4 is 5.56 Å². The lowest BCUT2D eigenvalue weighted by atomic mass is 9.76. The number of nitrogens with zero attached hydrogens (tertiary/aromatic N) is 5. The summed E-state index contributed by atoms with van der Waals surface area (Å²) in [5.41, 5.74) is 2.69. The first-order chi connectivity index (χ1) is 14.6. The van der Waals surface area contributed by atoms with Crippen LogP contribution in [0.1, 0.15) is 55.8 Å². The van der Waals surface area contributed by atoms with Gasteiger partial charge >= 0.3 is 0 Å². The van der Waals surface area contributed by atoms with Gasteiger partial charge in [-0.3, -0.25) is 14.5 Å². The third kappa shape index (κ3) is 3.44. The summed E-state index contributed by atoms with van der Waals surface area (Å²) >= 11 is 0. The first-order valence-electron chi connectivity index (χ1n) is 10.6. The number of benzene rings is 1. The van der Waals surface area contributed by atoms with Crippen molar-refractivity contribution in [2.45, 2.75) is 44.4 Å². The van der Waals surface area contributed by atoms with Crippen molar-refractivity contribution in [2.24, 2.45) is 13.0 Å². The van der Waals surface area contributed by atoms with E-state index < -0.39 is 0 Å². The molecule has 7 heteroatoms. The van der Waals surface area contributed by atoms with Crippen molar-refractivity contribution in [1.29, 1.82) is 0 Å². The van der Waals surface area contributed by atoms with Crippen LogP contribution in [0, 0.1) is 5.92 Å². The van der Waals surface area contributed by atoms with Crippen molar-refractivity contribution in [2.75, 3.05) is 0 Å². The Morgan fingerprint density at radius 1 is 1.10 bits per heavy atom. The zero-order valence-electron chi connectivity index (χ0n) is 17.3. The number of nitrogens with one attached hydrogen (secondary N) is 1. The Balaban J connectivity index is 0.000000149. The average Bonchev–Trinajstić information content (AvgIpc) is 3.30. The Morgan fingerprint density at radius 2 is 1.87 bits per heavy atom. The Labute approximate surface area is 174 Å². The van der Waals surface area contributed by atoms with Crippen LogP contribution in [0.25, 0.3) is 16.6 Å². The molecule has 0 amide bonds. The van der Waals surface area contributed by atoms with Gasteiger partial charge in [0.05, 0.1) is 6.20 Å². The van der Waals surface area contributed by atoms with Crippen molar-refractivity contribution in [3.05, 3.63) is 70.8 Å². The molecule has 1 aromatic carbocycles. The summed E-state index contributed by atoms with van der Waals surface area (Å²) < 4.78 is 3.74. The maximum atomic E-state index is 12.5. The van der Waals surface area contributed by atoms with Gasteiger partial charge in [-0.25, -0.2) is 0 Å². The van der Waals surface area contributed by atoms with Gasteiger partial charge in [0.1, 0.15) is 17.7 Å². The first kappa shape index (κ1) is 18.8. The van der Waals surface area contributed by atoms with Gasteiger partial charge in [0.25, 0.3) is 5.56 Å². The predicted molar refractivity (Wildman–Crippen MR) is 116 cm³/mol. The number of H-pyrrole nitrogens is 1. The SMILES string of the molecule is CC1CC(c2nncn2C)C1.O=c1c2[nH]ncc2c(C2CC2)cn1-c1ccccc1. The van der Waals surface area contributed by atoms with E-state index in [1.54, 1.807) is 17.1 Å². The standard InChI is InChI=1S/C15H13N3O.C8H13N3/c19-15-14-12(8-16-17-14)13(10-6-7-10)9-18(15)11-4-2-1-3-5-11;1-6-3-7(4-6)8-10-9-5-11(8)2/h1-5,8-10H,6-7H2,(H,16,17);5-7H,3-4H2,1-2H3. The molecule has 2 aliphatic carbocycles. The molecule has 0 atom stereocenters. The van der Waals surface area contributed by atoms with E-state index in [1.807, 2.05) is 48.1 Å². The smallest absolute Gasteiger partial charge is 0.280 e. The third-order valence-electron chi connectivity index (χ3n) is 6.19. The predicted octanol–water partition coefficient (Wildman–Crippen LogP) is 3.92. The van der Waals surface area contributed by atoms with Crippen molar-refractivity contribution in [3.63, 3.8) is 0 Å². The minimum absolute atomic E-state index is 0.0388. The first-order valence-corrected chi connectivity index (χ1v) is 10.6. The second kappa shape index (κ2) is 7.55. The highest BCUT2D eigenvalue weighted by molar-refractivity contribution is 5.81. The van der Waals surface area contributed by atoms with Crippen LogP contribution in [-0.2, 0) is 7.05 Å². The normalized spacial score (nSPS) is 20.5. The number of aryl methyl sites for hydroxylation is 1. The highest BCUT2D eigenvalue weighted by Gasteiger charge is 2.30. The van der Waals surface area contributed by atoms with Crippen molar-refractivity contribution in [1.82, 2.24) is 29.5 Å². The molecule has 2 saturated carbocycles. The summed E-state index contributed by atoms with van der Waals surface area (Å²) in [6, 6.07) is 9.72. The maximum absolute atomic E-state index is 12.5. The molecular weight excluding hydrogens is 376 g/mol. The summed E-state index contributed by atoms with van der Waals surface area (Å²) in [7, 11) is 2.01. The van der Waals surface area contributed by atoms with Gasteiger partial charge in [0, 0.05) is 30.2 Å². The van der Waals surface area contributed by atoms with Crippen molar-refractivity contribution < 1.29 is 0 Å². The van der Waals surface area contributed by atoms with E-state index in [2.05, 4.69) is 27.3 Å². The molecule has 1 N–H and O–H groups in total. The molecule has 7 nitrogen and oxygen atoms in total. The van der Waals surface area contributed by atoms with E-state index in [1.165, 1.54) is 31.2 Å². The number of rotatable bonds is 3. The van der Waals surface area contributed by atoms with Crippen LogP contribution >= 0.6 is 0 Å². The minimum Gasteiger partial charge on any atom is -0.320 e. The molecule has 0 radical (unpaired) electrons. The summed E-state index contributed by atoms with van der Waals surface area (Å²) in [4.78, 5) is 12.5. The highest BCUT2D eigenvalue weighted by atomic mass is 16.1. The van der Waals surface area contributed by atoms with Crippen molar-refractivity contribution >= 4 is 10.9 Å². The van der Waals surface area contributed by atoms with Gasteiger partial charge in [-0.2, -0.15) is 5.10 Å². The quantitative estimate of drug-likeness (QED) is 0.563. The summed E-state index contributed by atoms with van der Waals surface area (Å²) in [6.07, 6.45) is 10.5. The van der Waals surface area contributed by atoms with E-state index >= 15 is 0 Å². The fourth-order valence-electron chi connectivity index (χ4n) is 4.33. The second-order valence-corrected chi connectivity index (χ2v) is 8.60. The molecule has 0 spiro atoms. The number of aromatic nitrogens is 6. The minimum atomic E-state index is -0.0388. The molecular formula is C23H26N6O. The highest BCUT2D eigenvalue weighted by Crippen LogP contribution is 2.42. The summed E-state index contributed by atoms with van der Waals surface area (Å²) in [5, 5.41) is 15.8. The van der Waals surface area contributed by atoms with Crippen LogP contribution in [0.5, 0.6) is 0 Å². The number of hydrogen-bond donors (Lipinski definition) is 1. The van der Waals surface area contributed by atoms with Crippen LogP contribution in [0.2, 0.25) is 0 Å². The Kier molecular flexibility index (Phi) is 4.73. The molecule has 30 heavy (non-hydrogen) atoms. The molecule has 3 heterocycles. The topological polar surface area (TPSA) is 81.4 Å². The average molecular weight is 403 g/mol. The van der Waals surface area contributed by atoms with Crippen molar-refractivity contribution in [3.8, 4) is 5.69 Å². The van der Waals surface area contributed by atoms with Gasteiger partial charge in [-0.1, -0.05) is 25.1 Å². The number of pyridine rings is 1. The Bertz CT molecular complexity index is 1210. The summed E-state index contributed by atoms with van der Waals surface area (Å²) in [6.45, 7) is 2.28. The fraction of sp³-hybridized carbons (Fsp3) is 0.391. The van der Waals surface area contributed by atoms with E-state index in [0.29, 0.717) is 17.4 Å². The van der Waals surface area contributed by atoms with Crippen LogP contribution in [0.15, 0.2) is 53.8 Å². The lowest BCUT2D eigenvalue weighted by molar-refractivity contribution is 0.273. The number of aromatic amines is 1. The molecule has 0 unspecified atom stereocenters. The molecule has 2 aliphatic rings. The maximum Gasteiger partial charge on any atom is 0.280 e. The lowest BCUT2D eigenvalue weighted by Gasteiger charge is -2.31. The molecule has 6 rings (SSSR count).